The number of halogens is 1. The molecule has 0 aliphatic rings. The first-order valence-electron chi connectivity index (χ1n) is 5.60. The summed E-state index contributed by atoms with van der Waals surface area (Å²) in [5.74, 6) is 0.0902. The van der Waals surface area contributed by atoms with Crippen molar-refractivity contribution in [3.05, 3.63) is 33.6 Å². The molecule has 0 N–H and O–H groups in total. The maximum Gasteiger partial charge on any atom is 0.291 e. The van der Waals surface area contributed by atoms with Crippen molar-refractivity contribution in [2.75, 3.05) is 0 Å². The molecule has 5 heteroatoms. The summed E-state index contributed by atoms with van der Waals surface area (Å²) in [5.41, 5.74) is 1.32. The Kier molecular flexibility index (Phi) is 4.46. The van der Waals surface area contributed by atoms with Crippen LogP contribution in [0.15, 0.2) is 12.1 Å². The Bertz CT molecular complexity index is 411. The van der Waals surface area contributed by atoms with Crippen LogP contribution in [0.3, 0.4) is 0 Å². The van der Waals surface area contributed by atoms with Crippen LogP contribution in [0.25, 0.3) is 0 Å². The maximum atomic E-state index is 11.0. The van der Waals surface area contributed by atoms with Crippen molar-refractivity contribution in [2.24, 2.45) is 5.92 Å². The lowest BCUT2D eigenvalue weighted by Crippen LogP contribution is -2.19. The third-order valence-corrected chi connectivity index (χ3v) is 3.04. The van der Waals surface area contributed by atoms with E-state index in [1.165, 1.54) is 6.07 Å². The molecular weight excluding hydrogens is 240 g/mol. The number of hydrogen-bond acceptors (Lipinski definition) is 3. The van der Waals surface area contributed by atoms with Gasteiger partial charge in [0.25, 0.3) is 5.69 Å². The molecule has 0 amide bonds. The standard InChI is InChI=1S/C12H17ClN2O2/c1-7(2)11(9(4)13)12-10(15(16)17)6-5-8(3)14-12/h5-7,9,11H,1-4H3. The minimum atomic E-state index is -0.392. The summed E-state index contributed by atoms with van der Waals surface area (Å²) >= 11 is 6.14. The van der Waals surface area contributed by atoms with Gasteiger partial charge in [0.1, 0.15) is 5.69 Å². The van der Waals surface area contributed by atoms with E-state index in [4.69, 9.17) is 11.6 Å². The van der Waals surface area contributed by atoms with Crippen molar-refractivity contribution < 1.29 is 4.92 Å². The molecule has 1 heterocycles. The molecule has 0 spiro atoms. The van der Waals surface area contributed by atoms with E-state index in [0.29, 0.717) is 5.69 Å². The Morgan fingerprint density at radius 1 is 1.35 bits per heavy atom. The van der Waals surface area contributed by atoms with Gasteiger partial charge in [-0.3, -0.25) is 15.1 Å². The molecule has 0 fully saturated rings. The topological polar surface area (TPSA) is 56.0 Å². The predicted molar refractivity (Wildman–Crippen MR) is 68.5 cm³/mol. The van der Waals surface area contributed by atoms with Gasteiger partial charge in [0.05, 0.1) is 4.92 Å². The van der Waals surface area contributed by atoms with Crippen LogP contribution in [-0.4, -0.2) is 15.3 Å². The smallest absolute Gasteiger partial charge is 0.258 e. The molecule has 2 unspecified atom stereocenters. The van der Waals surface area contributed by atoms with E-state index in [1.807, 2.05) is 27.7 Å². The second kappa shape index (κ2) is 5.45. The van der Waals surface area contributed by atoms with Gasteiger partial charge in [0.2, 0.25) is 0 Å². The molecule has 0 saturated heterocycles. The van der Waals surface area contributed by atoms with Gasteiger partial charge in [0, 0.05) is 23.1 Å². The predicted octanol–water partition coefficient (Wildman–Crippen LogP) is 3.67. The van der Waals surface area contributed by atoms with Gasteiger partial charge in [-0.15, -0.1) is 11.6 Å². The summed E-state index contributed by atoms with van der Waals surface area (Å²) < 4.78 is 0. The average molecular weight is 257 g/mol. The molecule has 2 atom stereocenters. The van der Waals surface area contributed by atoms with Crippen molar-refractivity contribution in [2.45, 2.75) is 39.0 Å². The highest BCUT2D eigenvalue weighted by Crippen LogP contribution is 2.35. The fourth-order valence-electron chi connectivity index (χ4n) is 2.03. The maximum absolute atomic E-state index is 11.0. The van der Waals surface area contributed by atoms with Crippen LogP contribution in [0.4, 0.5) is 5.69 Å². The molecule has 1 aromatic heterocycles. The molecule has 0 aliphatic carbocycles. The number of hydrogen-bond donors (Lipinski definition) is 0. The number of aromatic nitrogens is 1. The zero-order valence-electron chi connectivity index (χ0n) is 10.5. The summed E-state index contributed by atoms with van der Waals surface area (Å²) in [4.78, 5) is 14.9. The van der Waals surface area contributed by atoms with Crippen LogP contribution in [0.1, 0.15) is 38.1 Å². The van der Waals surface area contributed by atoms with Crippen LogP contribution in [-0.2, 0) is 0 Å². The Morgan fingerprint density at radius 2 is 1.94 bits per heavy atom. The number of pyridine rings is 1. The van der Waals surface area contributed by atoms with Crippen molar-refractivity contribution >= 4 is 17.3 Å². The van der Waals surface area contributed by atoms with Crippen LogP contribution >= 0.6 is 11.6 Å². The van der Waals surface area contributed by atoms with Crippen LogP contribution in [0.2, 0.25) is 0 Å². The molecule has 0 aromatic carbocycles. The van der Waals surface area contributed by atoms with Gasteiger partial charge in [0.15, 0.2) is 0 Å². The summed E-state index contributed by atoms with van der Waals surface area (Å²) in [7, 11) is 0. The number of nitrogens with zero attached hydrogens (tertiary/aromatic N) is 2. The molecule has 1 rings (SSSR count). The number of rotatable bonds is 4. The largest absolute Gasteiger partial charge is 0.291 e. The van der Waals surface area contributed by atoms with Crippen molar-refractivity contribution in [3.63, 3.8) is 0 Å². The molecular formula is C12H17ClN2O2. The molecule has 4 nitrogen and oxygen atoms in total. The Morgan fingerprint density at radius 3 is 2.35 bits per heavy atom. The van der Waals surface area contributed by atoms with Crippen LogP contribution in [0.5, 0.6) is 0 Å². The first-order valence-corrected chi connectivity index (χ1v) is 6.04. The third kappa shape index (κ3) is 3.16. The summed E-state index contributed by atoms with van der Waals surface area (Å²) in [6.45, 7) is 7.66. The Hall–Kier alpha value is -1.16. The fourth-order valence-corrected chi connectivity index (χ4v) is 2.44. The van der Waals surface area contributed by atoms with E-state index in [0.717, 1.165) is 5.69 Å². The molecule has 1 aromatic rings. The molecule has 0 bridgehead atoms. The molecule has 0 aliphatic heterocycles. The number of alkyl halides is 1. The van der Waals surface area contributed by atoms with Crippen LogP contribution < -0.4 is 0 Å². The second-order valence-corrected chi connectivity index (χ2v) is 5.25. The Balaban J connectivity index is 3.34. The monoisotopic (exact) mass is 256 g/mol. The average Bonchev–Trinajstić information content (AvgIpc) is 2.15. The Labute approximate surface area is 106 Å². The SMILES string of the molecule is Cc1ccc([N+](=O)[O-])c(C(C(C)C)C(C)Cl)n1. The van der Waals surface area contributed by atoms with E-state index in [9.17, 15) is 10.1 Å². The van der Waals surface area contributed by atoms with E-state index in [1.54, 1.807) is 6.07 Å². The minimum Gasteiger partial charge on any atom is -0.258 e. The second-order valence-electron chi connectivity index (χ2n) is 4.56. The molecule has 0 radical (unpaired) electrons. The molecule has 94 valence electrons. The van der Waals surface area contributed by atoms with Gasteiger partial charge in [-0.25, -0.2) is 0 Å². The van der Waals surface area contributed by atoms with Gasteiger partial charge >= 0.3 is 0 Å². The first-order chi connectivity index (χ1) is 7.84. The number of aryl methyl sites for hydroxylation is 1. The van der Waals surface area contributed by atoms with Gasteiger partial charge in [-0.2, -0.15) is 0 Å². The first kappa shape index (κ1) is 13.9. The third-order valence-electron chi connectivity index (χ3n) is 2.77. The zero-order chi connectivity index (χ0) is 13.2. The normalized spacial score (nSPS) is 14.7. The van der Waals surface area contributed by atoms with Crippen LogP contribution in [0, 0.1) is 23.0 Å². The lowest BCUT2D eigenvalue weighted by molar-refractivity contribution is -0.386. The van der Waals surface area contributed by atoms with Crippen molar-refractivity contribution in [1.82, 2.24) is 4.98 Å². The van der Waals surface area contributed by atoms with Gasteiger partial charge in [-0.1, -0.05) is 13.8 Å². The van der Waals surface area contributed by atoms with Gasteiger partial charge in [-0.05, 0) is 25.8 Å². The number of nitro groups is 1. The highest BCUT2D eigenvalue weighted by atomic mass is 35.5. The highest BCUT2D eigenvalue weighted by molar-refractivity contribution is 6.20. The molecule has 17 heavy (non-hydrogen) atoms. The summed E-state index contributed by atoms with van der Waals surface area (Å²) in [6, 6.07) is 3.16. The summed E-state index contributed by atoms with van der Waals surface area (Å²) in [5, 5.41) is 10.8. The lowest BCUT2D eigenvalue weighted by Gasteiger charge is -2.22. The molecule has 0 saturated carbocycles. The van der Waals surface area contributed by atoms with Crippen molar-refractivity contribution in [3.8, 4) is 0 Å². The van der Waals surface area contributed by atoms with E-state index < -0.39 is 4.92 Å². The zero-order valence-corrected chi connectivity index (χ0v) is 11.2. The lowest BCUT2D eigenvalue weighted by atomic mass is 9.88. The quantitative estimate of drug-likeness (QED) is 0.469. The fraction of sp³-hybridized carbons (Fsp3) is 0.583. The van der Waals surface area contributed by atoms with Crippen molar-refractivity contribution in [1.29, 1.82) is 0 Å². The van der Waals surface area contributed by atoms with E-state index in [2.05, 4.69) is 4.98 Å². The van der Waals surface area contributed by atoms with E-state index in [-0.39, 0.29) is 22.9 Å². The van der Waals surface area contributed by atoms with E-state index >= 15 is 0 Å². The summed E-state index contributed by atoms with van der Waals surface area (Å²) in [6.07, 6.45) is 0. The van der Waals surface area contributed by atoms with Gasteiger partial charge < -0.3 is 0 Å². The highest BCUT2D eigenvalue weighted by Gasteiger charge is 2.29. The minimum absolute atomic E-state index is 0.0572.